The first-order chi connectivity index (χ1) is 7.43. The van der Waals surface area contributed by atoms with Gasteiger partial charge in [-0.05, 0) is 18.3 Å². The second-order valence-corrected chi connectivity index (χ2v) is 4.58. The van der Waals surface area contributed by atoms with Crippen LogP contribution in [0.4, 0.5) is 4.79 Å². The zero-order valence-electron chi connectivity index (χ0n) is 9.32. The first-order valence-corrected chi connectivity index (χ1v) is 5.35. The van der Waals surface area contributed by atoms with Gasteiger partial charge in [-0.2, -0.15) is 0 Å². The molecule has 0 saturated heterocycles. The summed E-state index contributed by atoms with van der Waals surface area (Å²) in [6.45, 7) is 2.41. The van der Waals surface area contributed by atoms with Gasteiger partial charge in [0, 0.05) is 6.54 Å². The lowest BCUT2D eigenvalue weighted by molar-refractivity contribution is -0.146. The highest BCUT2D eigenvalue weighted by molar-refractivity contribution is 5.76. The third-order valence-corrected chi connectivity index (χ3v) is 2.98. The third-order valence-electron chi connectivity index (χ3n) is 2.98. The van der Waals surface area contributed by atoms with Gasteiger partial charge in [0.1, 0.15) is 0 Å². The lowest BCUT2D eigenvalue weighted by Gasteiger charge is -2.38. The molecular formula is C10H18N2O4. The number of aliphatic carboxylic acids is 1. The van der Waals surface area contributed by atoms with Gasteiger partial charge in [-0.15, -0.1) is 0 Å². The summed E-state index contributed by atoms with van der Waals surface area (Å²) in [5, 5.41) is 22.3. The van der Waals surface area contributed by atoms with Crippen molar-refractivity contribution in [3.05, 3.63) is 0 Å². The molecule has 1 fully saturated rings. The maximum atomic E-state index is 11.2. The molecule has 1 atom stereocenters. The summed E-state index contributed by atoms with van der Waals surface area (Å²) in [6.07, 6.45) is 1.85. The van der Waals surface area contributed by atoms with Crippen LogP contribution in [0.25, 0.3) is 0 Å². The van der Waals surface area contributed by atoms with E-state index < -0.39 is 18.1 Å². The van der Waals surface area contributed by atoms with Crippen LogP contribution >= 0.6 is 0 Å². The number of carbonyl (C=O) groups excluding carboxylic acids is 1. The average molecular weight is 230 g/mol. The predicted octanol–water partition coefficient (Wildman–Crippen LogP) is -0.0787. The van der Waals surface area contributed by atoms with Crippen molar-refractivity contribution in [1.29, 1.82) is 0 Å². The number of aliphatic hydroxyl groups excluding tert-OH is 1. The number of carbonyl (C=O) groups is 2. The van der Waals surface area contributed by atoms with Crippen molar-refractivity contribution in [1.82, 2.24) is 10.6 Å². The van der Waals surface area contributed by atoms with Crippen LogP contribution in [0.15, 0.2) is 0 Å². The van der Waals surface area contributed by atoms with E-state index in [0.717, 1.165) is 12.8 Å². The fourth-order valence-corrected chi connectivity index (χ4v) is 1.59. The largest absolute Gasteiger partial charge is 0.479 e. The first kappa shape index (κ1) is 12.8. The summed E-state index contributed by atoms with van der Waals surface area (Å²) < 4.78 is 0. The van der Waals surface area contributed by atoms with E-state index in [4.69, 9.17) is 10.2 Å². The molecule has 0 unspecified atom stereocenters. The van der Waals surface area contributed by atoms with Crippen molar-refractivity contribution in [2.24, 2.45) is 5.41 Å². The molecule has 0 aromatic carbocycles. The van der Waals surface area contributed by atoms with Crippen LogP contribution in [-0.4, -0.2) is 41.4 Å². The number of hydrogen-bond donors (Lipinski definition) is 4. The smallest absolute Gasteiger partial charge is 0.334 e. The highest BCUT2D eigenvalue weighted by Gasteiger charge is 2.31. The SMILES string of the molecule is CC1(CNC(=O)NC[C@H](O)C(=O)O)CCC1. The van der Waals surface area contributed by atoms with Crippen LogP contribution in [0, 0.1) is 5.41 Å². The van der Waals surface area contributed by atoms with Gasteiger partial charge in [0.05, 0.1) is 6.54 Å². The second kappa shape index (κ2) is 5.16. The molecule has 0 radical (unpaired) electrons. The van der Waals surface area contributed by atoms with Gasteiger partial charge in [0.2, 0.25) is 0 Å². The number of amides is 2. The van der Waals surface area contributed by atoms with Crippen LogP contribution in [0.2, 0.25) is 0 Å². The molecule has 2 amide bonds. The molecule has 92 valence electrons. The lowest BCUT2D eigenvalue weighted by Crippen LogP contribution is -2.46. The molecule has 1 aliphatic carbocycles. The highest BCUT2D eigenvalue weighted by Crippen LogP contribution is 2.39. The molecule has 1 aliphatic rings. The Morgan fingerprint density at radius 1 is 1.38 bits per heavy atom. The Hall–Kier alpha value is -1.30. The molecule has 16 heavy (non-hydrogen) atoms. The molecule has 6 heteroatoms. The number of rotatable bonds is 5. The van der Waals surface area contributed by atoms with Gasteiger partial charge in [-0.25, -0.2) is 9.59 Å². The molecule has 0 spiro atoms. The normalized spacial score (nSPS) is 19.4. The van der Waals surface area contributed by atoms with Crippen LogP contribution in [-0.2, 0) is 4.79 Å². The third kappa shape index (κ3) is 3.69. The van der Waals surface area contributed by atoms with Crippen molar-refractivity contribution in [2.75, 3.05) is 13.1 Å². The minimum absolute atomic E-state index is 0.183. The summed E-state index contributed by atoms with van der Waals surface area (Å²) in [5.74, 6) is -1.34. The van der Waals surface area contributed by atoms with E-state index in [1.807, 2.05) is 0 Å². The van der Waals surface area contributed by atoms with E-state index in [0.29, 0.717) is 6.54 Å². The predicted molar refractivity (Wildman–Crippen MR) is 57.0 cm³/mol. The first-order valence-electron chi connectivity index (χ1n) is 5.35. The van der Waals surface area contributed by atoms with E-state index in [1.165, 1.54) is 6.42 Å². The number of nitrogens with one attached hydrogen (secondary N) is 2. The quantitative estimate of drug-likeness (QED) is 0.531. The monoisotopic (exact) mass is 230 g/mol. The molecular weight excluding hydrogens is 212 g/mol. The lowest BCUT2D eigenvalue weighted by atomic mass is 9.70. The molecule has 6 nitrogen and oxygen atoms in total. The maximum absolute atomic E-state index is 11.2. The summed E-state index contributed by atoms with van der Waals surface area (Å²) in [5.41, 5.74) is 0.183. The number of carboxylic acids is 1. The average Bonchev–Trinajstić information content (AvgIpc) is 2.19. The Balaban J connectivity index is 2.13. The number of hydrogen-bond acceptors (Lipinski definition) is 3. The molecule has 0 aromatic rings. The molecule has 4 N–H and O–H groups in total. The standard InChI is InChI=1S/C10H18N2O4/c1-10(3-2-4-10)6-12-9(16)11-5-7(13)8(14)15/h7,13H,2-6H2,1H3,(H,14,15)(H2,11,12,16)/t7-/m0/s1. The van der Waals surface area contributed by atoms with Crippen LogP contribution in [0.3, 0.4) is 0 Å². The van der Waals surface area contributed by atoms with Crippen molar-refractivity contribution in [3.8, 4) is 0 Å². The van der Waals surface area contributed by atoms with Crippen molar-refractivity contribution >= 4 is 12.0 Å². The Morgan fingerprint density at radius 3 is 2.44 bits per heavy atom. The van der Waals surface area contributed by atoms with Crippen molar-refractivity contribution < 1.29 is 19.8 Å². The molecule has 0 aromatic heterocycles. The van der Waals surface area contributed by atoms with E-state index in [1.54, 1.807) is 0 Å². The van der Waals surface area contributed by atoms with Gasteiger partial charge in [-0.1, -0.05) is 13.3 Å². The Bertz CT molecular complexity index is 276. The molecule has 0 bridgehead atoms. The number of aliphatic hydroxyl groups is 1. The minimum atomic E-state index is -1.55. The molecule has 0 heterocycles. The molecule has 1 saturated carbocycles. The van der Waals surface area contributed by atoms with E-state index in [2.05, 4.69) is 17.6 Å². The van der Waals surface area contributed by atoms with Gasteiger partial charge < -0.3 is 20.8 Å². The number of urea groups is 1. The van der Waals surface area contributed by atoms with E-state index in [9.17, 15) is 9.59 Å². The summed E-state index contributed by atoms with van der Waals surface area (Å²) in [6, 6.07) is -0.437. The van der Waals surface area contributed by atoms with Gasteiger partial charge in [0.15, 0.2) is 6.10 Å². The van der Waals surface area contributed by atoms with Crippen LogP contribution < -0.4 is 10.6 Å². The zero-order chi connectivity index (χ0) is 12.2. The van der Waals surface area contributed by atoms with Gasteiger partial charge in [-0.3, -0.25) is 0 Å². The maximum Gasteiger partial charge on any atom is 0.334 e. The zero-order valence-corrected chi connectivity index (χ0v) is 9.32. The Morgan fingerprint density at radius 2 is 2.00 bits per heavy atom. The second-order valence-electron chi connectivity index (χ2n) is 4.58. The van der Waals surface area contributed by atoms with Crippen LogP contribution in [0.1, 0.15) is 26.2 Å². The summed E-state index contributed by atoms with van der Waals surface area (Å²) >= 11 is 0. The van der Waals surface area contributed by atoms with Crippen LogP contribution in [0.5, 0.6) is 0 Å². The summed E-state index contributed by atoms with van der Waals surface area (Å²) in [4.78, 5) is 21.5. The Kier molecular flexibility index (Phi) is 4.12. The van der Waals surface area contributed by atoms with Crippen molar-refractivity contribution in [3.63, 3.8) is 0 Å². The molecule has 1 rings (SSSR count). The van der Waals surface area contributed by atoms with Crippen molar-refractivity contribution in [2.45, 2.75) is 32.3 Å². The van der Waals surface area contributed by atoms with E-state index in [-0.39, 0.29) is 12.0 Å². The fraction of sp³-hybridized carbons (Fsp3) is 0.800. The Labute approximate surface area is 94.0 Å². The number of carboxylic acid groups (broad SMARTS) is 1. The van der Waals surface area contributed by atoms with Gasteiger partial charge >= 0.3 is 12.0 Å². The minimum Gasteiger partial charge on any atom is -0.479 e. The molecule has 0 aliphatic heterocycles. The topological polar surface area (TPSA) is 98.7 Å². The van der Waals surface area contributed by atoms with Gasteiger partial charge in [0.25, 0.3) is 0 Å². The van der Waals surface area contributed by atoms with E-state index >= 15 is 0 Å². The highest BCUT2D eigenvalue weighted by atomic mass is 16.4. The fourth-order valence-electron chi connectivity index (χ4n) is 1.59. The summed E-state index contributed by atoms with van der Waals surface area (Å²) in [7, 11) is 0.